The fourth-order valence-corrected chi connectivity index (χ4v) is 2.35. The quantitative estimate of drug-likeness (QED) is 0.172. The van der Waals surface area contributed by atoms with Gasteiger partial charge in [0.25, 0.3) is 0 Å². The third kappa shape index (κ3) is 7.89. The van der Waals surface area contributed by atoms with Crippen LogP contribution in [0.1, 0.15) is 48.8 Å². The average molecular weight is 365 g/mol. The minimum atomic E-state index is -0.464. The number of aromatic amines is 2. The van der Waals surface area contributed by atoms with Crippen LogP contribution in [0.4, 0.5) is 0 Å². The average Bonchev–Trinajstić information content (AvgIpc) is 2.82. The van der Waals surface area contributed by atoms with Gasteiger partial charge in [-0.15, -0.1) is 12.4 Å². The van der Waals surface area contributed by atoms with Crippen molar-refractivity contribution in [1.29, 1.82) is 5.41 Å². The first-order valence-corrected chi connectivity index (χ1v) is 7.89. The highest BCUT2D eigenvalue weighted by molar-refractivity contribution is 8.13. The molecule has 5 N–H and O–H groups in total. The maximum Gasteiger partial charge on any atom is 0.323 e. The summed E-state index contributed by atoms with van der Waals surface area (Å²) in [5.74, 6) is -0.234. The summed E-state index contributed by atoms with van der Waals surface area (Å²) in [7, 11) is 0. The van der Waals surface area contributed by atoms with Crippen LogP contribution in [-0.4, -0.2) is 33.5 Å². The van der Waals surface area contributed by atoms with E-state index in [9.17, 15) is 14.4 Å². The number of imidazole rings is 1. The lowest BCUT2D eigenvalue weighted by Crippen LogP contribution is -2.08. The Hall–Kier alpha value is -1.74. The van der Waals surface area contributed by atoms with E-state index in [4.69, 9.17) is 15.9 Å². The standard InChI is InChI=1S/C13H20N4O4S.ClH/c1-2-21-10(19)6-4-3-5-9(18)11-8(7-22-12(14)15)16-13(20)17-11;/h2-7H2,1H3,(H3,14,15)(H2,16,17,20);1H. The summed E-state index contributed by atoms with van der Waals surface area (Å²) >= 11 is 1.02. The maximum atomic E-state index is 12.1. The molecule has 1 rings (SSSR count). The number of nitrogens with one attached hydrogen (secondary N) is 3. The Labute approximate surface area is 143 Å². The molecule has 0 saturated heterocycles. The molecular formula is C13H21ClN4O4S. The number of ketones is 1. The number of amidine groups is 1. The van der Waals surface area contributed by atoms with Crippen molar-refractivity contribution >= 4 is 41.1 Å². The Bertz CT molecular complexity index is 599. The van der Waals surface area contributed by atoms with Crippen LogP contribution in [0.2, 0.25) is 0 Å². The van der Waals surface area contributed by atoms with Gasteiger partial charge in [0.05, 0.1) is 12.3 Å². The van der Waals surface area contributed by atoms with E-state index in [0.717, 1.165) is 11.8 Å². The number of hydrogen-bond donors (Lipinski definition) is 4. The molecule has 1 heterocycles. The SMILES string of the molecule is CCOC(=O)CCCCC(=O)c1[nH]c(=O)[nH]c1CSC(=N)N.Cl. The van der Waals surface area contributed by atoms with Gasteiger partial charge in [0, 0.05) is 18.6 Å². The lowest BCUT2D eigenvalue weighted by molar-refractivity contribution is -0.143. The van der Waals surface area contributed by atoms with Gasteiger partial charge in [-0.25, -0.2) is 4.79 Å². The molecule has 0 unspecified atom stereocenters. The largest absolute Gasteiger partial charge is 0.466 e. The van der Waals surface area contributed by atoms with E-state index in [1.807, 2.05) is 0 Å². The number of halogens is 1. The van der Waals surface area contributed by atoms with Gasteiger partial charge in [-0.3, -0.25) is 15.0 Å². The first-order valence-electron chi connectivity index (χ1n) is 6.90. The molecule has 23 heavy (non-hydrogen) atoms. The number of thioether (sulfide) groups is 1. The number of aromatic nitrogens is 2. The van der Waals surface area contributed by atoms with Gasteiger partial charge >= 0.3 is 11.7 Å². The molecule has 1 aromatic rings. The van der Waals surface area contributed by atoms with Gasteiger partial charge in [0.1, 0.15) is 5.69 Å². The number of unbranched alkanes of at least 4 members (excludes halogenated alkanes) is 1. The summed E-state index contributed by atoms with van der Waals surface area (Å²) in [6, 6.07) is 0. The number of hydrogen-bond acceptors (Lipinski definition) is 6. The zero-order valence-corrected chi connectivity index (χ0v) is 14.4. The summed E-state index contributed by atoms with van der Waals surface area (Å²) in [6.45, 7) is 2.09. The van der Waals surface area contributed by atoms with E-state index >= 15 is 0 Å². The molecule has 0 aliphatic carbocycles. The third-order valence-corrected chi connectivity index (χ3v) is 3.54. The lowest BCUT2D eigenvalue weighted by atomic mass is 10.1. The molecule has 0 amide bonds. The molecule has 0 saturated carbocycles. The Morgan fingerprint density at radius 2 is 1.91 bits per heavy atom. The minimum absolute atomic E-state index is 0. The van der Waals surface area contributed by atoms with Gasteiger partial charge < -0.3 is 20.4 Å². The summed E-state index contributed by atoms with van der Waals surface area (Å²) in [5, 5.41) is 7.06. The topological polar surface area (TPSA) is 142 Å². The van der Waals surface area contributed by atoms with E-state index in [1.54, 1.807) is 6.92 Å². The van der Waals surface area contributed by atoms with Crippen LogP contribution >= 0.6 is 24.2 Å². The molecule has 0 radical (unpaired) electrons. The highest BCUT2D eigenvalue weighted by atomic mass is 35.5. The highest BCUT2D eigenvalue weighted by Gasteiger charge is 2.15. The first-order chi connectivity index (χ1) is 10.4. The minimum Gasteiger partial charge on any atom is -0.466 e. The summed E-state index contributed by atoms with van der Waals surface area (Å²) in [6.07, 6.45) is 1.59. The zero-order valence-electron chi connectivity index (χ0n) is 12.8. The molecule has 0 aliphatic rings. The molecule has 8 nitrogen and oxygen atoms in total. The normalized spacial score (nSPS) is 9.96. The molecule has 130 valence electrons. The van der Waals surface area contributed by atoms with E-state index in [0.29, 0.717) is 25.1 Å². The van der Waals surface area contributed by atoms with Crippen LogP contribution < -0.4 is 11.4 Å². The van der Waals surface area contributed by atoms with Crippen molar-refractivity contribution < 1.29 is 14.3 Å². The second-order valence-electron chi connectivity index (χ2n) is 4.52. The maximum absolute atomic E-state index is 12.1. The van der Waals surface area contributed by atoms with Crippen LogP contribution in [0.25, 0.3) is 0 Å². The molecular weight excluding hydrogens is 344 g/mol. The predicted octanol–water partition coefficient (Wildman–Crippen LogP) is 1.56. The van der Waals surface area contributed by atoms with Gasteiger partial charge in [-0.1, -0.05) is 11.8 Å². The van der Waals surface area contributed by atoms with Crippen LogP contribution in [0.3, 0.4) is 0 Å². The van der Waals surface area contributed by atoms with E-state index in [1.165, 1.54) is 0 Å². The van der Waals surface area contributed by atoms with Crippen LogP contribution in [-0.2, 0) is 15.3 Å². The molecule has 0 bridgehead atoms. The highest BCUT2D eigenvalue weighted by Crippen LogP contribution is 2.14. The fraction of sp³-hybridized carbons (Fsp3) is 0.538. The van der Waals surface area contributed by atoms with Gasteiger partial charge in [0.2, 0.25) is 0 Å². The number of carbonyl (C=O) groups excluding carboxylic acids is 2. The molecule has 0 aliphatic heterocycles. The Balaban J connectivity index is 0.00000484. The Morgan fingerprint density at radius 1 is 1.26 bits per heavy atom. The number of carbonyl (C=O) groups is 2. The van der Waals surface area contributed by atoms with Crippen molar-refractivity contribution in [3.05, 3.63) is 21.9 Å². The fourth-order valence-electron chi connectivity index (χ4n) is 1.83. The van der Waals surface area contributed by atoms with Crippen LogP contribution in [0.15, 0.2) is 4.79 Å². The number of Topliss-reactive ketones (excluding diaryl/α,β-unsaturated/α-hetero) is 1. The van der Waals surface area contributed by atoms with Crippen molar-refractivity contribution in [2.24, 2.45) is 5.73 Å². The third-order valence-electron chi connectivity index (χ3n) is 2.80. The zero-order chi connectivity index (χ0) is 16.5. The second-order valence-corrected chi connectivity index (χ2v) is 5.54. The molecule has 0 aromatic carbocycles. The first kappa shape index (κ1) is 21.3. The Kier molecular flexibility index (Phi) is 10.1. The van der Waals surface area contributed by atoms with Crippen molar-refractivity contribution in [2.75, 3.05) is 6.61 Å². The van der Waals surface area contributed by atoms with Crippen LogP contribution in [0.5, 0.6) is 0 Å². The number of nitrogens with two attached hydrogens (primary N) is 1. The monoisotopic (exact) mass is 364 g/mol. The van der Waals surface area contributed by atoms with Crippen LogP contribution in [0, 0.1) is 5.41 Å². The van der Waals surface area contributed by atoms with E-state index in [2.05, 4.69) is 9.97 Å². The molecule has 0 fully saturated rings. The Morgan fingerprint density at radius 3 is 2.52 bits per heavy atom. The second kappa shape index (κ2) is 10.9. The summed E-state index contributed by atoms with van der Waals surface area (Å²) < 4.78 is 4.80. The number of esters is 1. The molecule has 10 heteroatoms. The lowest BCUT2D eigenvalue weighted by Gasteiger charge is -2.03. The van der Waals surface area contributed by atoms with Gasteiger partial charge in [0.15, 0.2) is 11.0 Å². The molecule has 1 aromatic heterocycles. The predicted molar refractivity (Wildman–Crippen MR) is 91.3 cm³/mol. The number of H-pyrrole nitrogens is 2. The molecule has 0 spiro atoms. The van der Waals surface area contributed by atoms with Gasteiger partial charge in [-0.05, 0) is 19.8 Å². The van der Waals surface area contributed by atoms with Crippen molar-refractivity contribution in [2.45, 2.75) is 38.4 Å². The summed E-state index contributed by atoms with van der Waals surface area (Å²) in [5.41, 5.74) is 5.42. The number of rotatable bonds is 9. The van der Waals surface area contributed by atoms with Crippen molar-refractivity contribution in [3.63, 3.8) is 0 Å². The summed E-state index contributed by atoms with van der Waals surface area (Å²) in [4.78, 5) is 39.6. The van der Waals surface area contributed by atoms with Crippen molar-refractivity contribution in [3.8, 4) is 0 Å². The van der Waals surface area contributed by atoms with E-state index < -0.39 is 5.69 Å². The van der Waals surface area contributed by atoms with Gasteiger partial charge in [-0.2, -0.15) is 0 Å². The smallest absolute Gasteiger partial charge is 0.323 e. The number of ether oxygens (including phenoxy) is 1. The van der Waals surface area contributed by atoms with Crippen molar-refractivity contribution in [1.82, 2.24) is 9.97 Å². The van der Waals surface area contributed by atoms with E-state index in [-0.39, 0.29) is 53.6 Å². The molecule has 0 atom stereocenters.